The molecule has 0 unspecified atom stereocenters. The third-order valence-electron chi connectivity index (χ3n) is 1.20. The number of hydrogen-bond acceptors (Lipinski definition) is 3. The molecular formula is C6H7N3O2S. The van der Waals surface area contributed by atoms with E-state index in [2.05, 4.69) is 15.6 Å². The molecule has 1 rings (SSSR count). The smallest absolute Gasteiger partial charge is 0.301 e. The molecule has 1 aromatic rings. The third kappa shape index (κ3) is 1.79. The maximum Gasteiger partial charge on any atom is 0.301 e. The van der Waals surface area contributed by atoms with Gasteiger partial charge in [0.25, 0.3) is 0 Å². The van der Waals surface area contributed by atoms with Crippen LogP contribution in [0.1, 0.15) is 0 Å². The van der Waals surface area contributed by atoms with Gasteiger partial charge in [0.15, 0.2) is 0 Å². The van der Waals surface area contributed by atoms with Crippen LogP contribution < -0.4 is 5.84 Å². The molecule has 0 aromatic heterocycles. The van der Waals surface area contributed by atoms with Crippen LogP contribution in [0.5, 0.6) is 0 Å². The number of rotatable bonds is 2. The van der Waals surface area contributed by atoms with Crippen LogP contribution in [0.3, 0.4) is 0 Å². The molecule has 0 aliphatic heterocycles. The lowest BCUT2D eigenvalue weighted by Crippen LogP contribution is -1.96. The van der Waals surface area contributed by atoms with Crippen LogP contribution in [0.2, 0.25) is 0 Å². The van der Waals surface area contributed by atoms with E-state index in [1.54, 1.807) is 18.2 Å². The lowest BCUT2D eigenvalue weighted by Gasteiger charge is -1.93. The molecular weight excluding hydrogens is 178 g/mol. The number of benzene rings is 1. The van der Waals surface area contributed by atoms with Crippen molar-refractivity contribution in [1.82, 2.24) is 0 Å². The first-order valence-corrected chi connectivity index (χ1v) is 4.53. The van der Waals surface area contributed by atoms with Gasteiger partial charge in [-0.3, -0.25) is 0 Å². The van der Waals surface area contributed by atoms with E-state index < -0.39 is 10.0 Å². The Morgan fingerprint density at radius 3 is 2.25 bits per heavy atom. The van der Waals surface area contributed by atoms with E-state index in [-0.39, 0.29) is 4.90 Å². The van der Waals surface area contributed by atoms with Gasteiger partial charge in [-0.2, -0.15) is 8.42 Å². The number of nitrogens with zero attached hydrogens (tertiary/aromatic N) is 2. The minimum atomic E-state index is -3.68. The van der Waals surface area contributed by atoms with Crippen molar-refractivity contribution in [2.45, 2.75) is 4.90 Å². The molecule has 0 heterocycles. The second-order valence-corrected chi connectivity index (χ2v) is 3.57. The molecule has 0 fully saturated rings. The molecule has 0 bridgehead atoms. The fourth-order valence-corrected chi connectivity index (χ4v) is 1.42. The molecule has 0 radical (unpaired) electrons. The van der Waals surface area contributed by atoms with Crippen molar-refractivity contribution in [3.8, 4) is 0 Å². The molecule has 6 heteroatoms. The number of nitrogens with two attached hydrogens (primary N) is 1. The monoisotopic (exact) mass is 185 g/mol. The molecule has 0 saturated carbocycles. The predicted octanol–water partition coefficient (Wildman–Crippen LogP) is 0.701. The lowest BCUT2D eigenvalue weighted by atomic mass is 10.4. The van der Waals surface area contributed by atoms with Gasteiger partial charge in [0, 0.05) is 0 Å². The van der Waals surface area contributed by atoms with Crippen molar-refractivity contribution in [2.75, 3.05) is 0 Å². The lowest BCUT2D eigenvalue weighted by molar-refractivity contribution is 0.594. The highest BCUT2D eigenvalue weighted by atomic mass is 32.2. The molecule has 0 spiro atoms. The summed E-state index contributed by atoms with van der Waals surface area (Å²) in [5.74, 6) is 4.63. The summed E-state index contributed by atoms with van der Waals surface area (Å²) in [5.41, 5.74) is 0. The van der Waals surface area contributed by atoms with Gasteiger partial charge >= 0.3 is 10.0 Å². The van der Waals surface area contributed by atoms with Gasteiger partial charge in [-0.25, -0.2) is 0 Å². The largest absolute Gasteiger partial charge is 0.304 e. The zero-order valence-electron chi connectivity index (χ0n) is 6.08. The van der Waals surface area contributed by atoms with Crippen molar-refractivity contribution in [3.63, 3.8) is 0 Å². The third-order valence-corrected chi connectivity index (χ3v) is 2.37. The number of hydrogen-bond donors (Lipinski definition) is 1. The Balaban J connectivity index is 3.16. The van der Waals surface area contributed by atoms with Gasteiger partial charge in [-0.1, -0.05) is 23.4 Å². The predicted molar refractivity (Wildman–Crippen MR) is 42.7 cm³/mol. The average molecular weight is 185 g/mol. The van der Waals surface area contributed by atoms with E-state index in [0.29, 0.717) is 0 Å². The average Bonchev–Trinajstić information content (AvgIpc) is 2.06. The first-order valence-electron chi connectivity index (χ1n) is 3.09. The minimum Gasteiger partial charge on any atom is -0.304 e. The summed E-state index contributed by atoms with van der Waals surface area (Å²) in [6, 6.07) is 7.74. The zero-order chi connectivity index (χ0) is 9.03. The second kappa shape index (κ2) is 3.31. The molecule has 1 aromatic carbocycles. The highest BCUT2D eigenvalue weighted by molar-refractivity contribution is 7.90. The van der Waals surface area contributed by atoms with E-state index in [9.17, 15) is 8.42 Å². The van der Waals surface area contributed by atoms with Crippen LogP contribution in [0.25, 0.3) is 0 Å². The van der Waals surface area contributed by atoms with Gasteiger partial charge in [-0.05, 0) is 16.7 Å². The van der Waals surface area contributed by atoms with Gasteiger partial charge in [0.1, 0.15) is 0 Å². The van der Waals surface area contributed by atoms with Crippen LogP contribution in [-0.2, 0) is 10.0 Å². The Bertz CT molecular complexity index is 371. The highest BCUT2D eigenvalue weighted by Gasteiger charge is 2.10. The second-order valence-electron chi connectivity index (χ2n) is 1.99. The minimum absolute atomic E-state index is 0.0826. The van der Waals surface area contributed by atoms with Crippen molar-refractivity contribution >= 4 is 10.0 Å². The van der Waals surface area contributed by atoms with Gasteiger partial charge in [0.2, 0.25) is 0 Å². The fraction of sp³-hybridized carbons (Fsp3) is 0. The molecule has 0 amide bonds. The van der Waals surface area contributed by atoms with Gasteiger partial charge < -0.3 is 5.84 Å². The van der Waals surface area contributed by atoms with Crippen molar-refractivity contribution in [3.05, 3.63) is 30.3 Å². The standard InChI is InChI=1S/C6H7N3O2S/c7-8-9-12(10,11)6-4-2-1-3-5-6/h1-5H,(H2,7,9). The Labute approximate surface area is 69.9 Å². The number of sulfonamides is 1. The highest BCUT2D eigenvalue weighted by Crippen LogP contribution is 2.10. The van der Waals surface area contributed by atoms with E-state index in [4.69, 9.17) is 0 Å². The van der Waals surface area contributed by atoms with Gasteiger partial charge in [0.05, 0.1) is 4.90 Å². The van der Waals surface area contributed by atoms with Crippen LogP contribution in [-0.4, -0.2) is 8.42 Å². The van der Waals surface area contributed by atoms with Crippen LogP contribution in [0, 0.1) is 0 Å². The van der Waals surface area contributed by atoms with Crippen molar-refractivity contribution in [1.29, 1.82) is 0 Å². The summed E-state index contributed by atoms with van der Waals surface area (Å²) in [4.78, 5) is 0.0826. The van der Waals surface area contributed by atoms with E-state index >= 15 is 0 Å². The van der Waals surface area contributed by atoms with Gasteiger partial charge in [-0.15, -0.1) is 0 Å². The Morgan fingerprint density at radius 2 is 1.75 bits per heavy atom. The van der Waals surface area contributed by atoms with E-state index in [1.165, 1.54) is 12.1 Å². The summed E-state index contributed by atoms with van der Waals surface area (Å²) in [6.45, 7) is 0. The molecule has 5 nitrogen and oxygen atoms in total. The summed E-state index contributed by atoms with van der Waals surface area (Å²) >= 11 is 0. The first-order chi connectivity index (χ1) is 5.67. The quantitative estimate of drug-likeness (QED) is 0.418. The van der Waals surface area contributed by atoms with Crippen LogP contribution in [0.4, 0.5) is 0 Å². The molecule has 64 valence electrons. The molecule has 0 aliphatic carbocycles. The normalized spacial score (nSPS) is 12.0. The maximum absolute atomic E-state index is 11.1. The topological polar surface area (TPSA) is 84.9 Å². The summed E-state index contributed by atoms with van der Waals surface area (Å²) in [6.07, 6.45) is 0. The van der Waals surface area contributed by atoms with Crippen molar-refractivity contribution < 1.29 is 8.42 Å². The summed E-state index contributed by atoms with van der Waals surface area (Å²) < 4.78 is 25.1. The summed E-state index contributed by atoms with van der Waals surface area (Å²) in [7, 11) is -3.68. The zero-order valence-corrected chi connectivity index (χ0v) is 6.90. The van der Waals surface area contributed by atoms with Crippen LogP contribution >= 0.6 is 0 Å². The van der Waals surface area contributed by atoms with E-state index in [1.807, 2.05) is 0 Å². The molecule has 2 N–H and O–H groups in total. The Morgan fingerprint density at radius 1 is 1.17 bits per heavy atom. The van der Waals surface area contributed by atoms with E-state index in [0.717, 1.165) is 0 Å². The molecule has 0 aliphatic rings. The molecule has 0 saturated heterocycles. The fourth-order valence-electron chi connectivity index (χ4n) is 0.702. The summed E-state index contributed by atoms with van der Waals surface area (Å²) in [5, 5.41) is 2.72. The Kier molecular flexibility index (Phi) is 2.39. The first kappa shape index (κ1) is 8.66. The molecule has 12 heavy (non-hydrogen) atoms. The SMILES string of the molecule is NN=NS(=O)(=O)c1ccccc1. The van der Waals surface area contributed by atoms with Crippen LogP contribution in [0.15, 0.2) is 45.0 Å². The maximum atomic E-state index is 11.1. The Hall–Kier alpha value is -1.43. The molecule has 0 atom stereocenters. The van der Waals surface area contributed by atoms with Crippen molar-refractivity contribution in [2.24, 2.45) is 15.6 Å².